The first-order chi connectivity index (χ1) is 13.2. The summed E-state index contributed by atoms with van der Waals surface area (Å²) in [4.78, 5) is 6.56. The van der Waals surface area contributed by atoms with Crippen molar-refractivity contribution in [3.05, 3.63) is 53.4 Å². The fraction of sp³-hybridized carbons (Fsp3) is 0.524. The second-order valence-corrected chi connectivity index (χ2v) is 6.81. The van der Waals surface area contributed by atoms with Crippen LogP contribution in [0.2, 0.25) is 0 Å². The molecule has 0 fully saturated rings. The van der Waals surface area contributed by atoms with Crippen LogP contribution >= 0.6 is 0 Å². The Bertz CT molecular complexity index is 679. The molecule has 2 aromatic rings. The third-order valence-electron chi connectivity index (χ3n) is 4.72. The van der Waals surface area contributed by atoms with Gasteiger partial charge in [-0.2, -0.15) is 0 Å². The van der Waals surface area contributed by atoms with Gasteiger partial charge in [-0.15, -0.1) is 0 Å². The van der Waals surface area contributed by atoms with Crippen molar-refractivity contribution < 1.29 is 4.52 Å². The van der Waals surface area contributed by atoms with Crippen LogP contribution in [0.3, 0.4) is 0 Å². The van der Waals surface area contributed by atoms with Gasteiger partial charge in [0, 0.05) is 38.7 Å². The number of hydrogen-bond acceptors (Lipinski definition) is 4. The molecule has 0 saturated carbocycles. The molecule has 2 rings (SSSR count). The van der Waals surface area contributed by atoms with Gasteiger partial charge < -0.3 is 20.1 Å². The molecular weight excluding hydrogens is 338 g/mol. The Morgan fingerprint density at radius 1 is 1.19 bits per heavy atom. The lowest BCUT2D eigenvalue weighted by Gasteiger charge is -2.18. The average Bonchev–Trinajstić information content (AvgIpc) is 3.15. The predicted molar refractivity (Wildman–Crippen MR) is 111 cm³/mol. The van der Waals surface area contributed by atoms with Crippen molar-refractivity contribution >= 4 is 5.96 Å². The lowest BCUT2D eigenvalue weighted by atomic mass is 9.99. The summed E-state index contributed by atoms with van der Waals surface area (Å²) in [6.45, 7) is 7.62. The van der Waals surface area contributed by atoms with E-state index >= 15 is 0 Å². The summed E-state index contributed by atoms with van der Waals surface area (Å²) in [6.07, 6.45) is 2.16. The van der Waals surface area contributed by atoms with Gasteiger partial charge in [-0.25, -0.2) is 0 Å². The molecule has 0 aliphatic rings. The normalized spacial score (nSPS) is 12.0. The van der Waals surface area contributed by atoms with Crippen LogP contribution in [-0.2, 0) is 13.1 Å². The van der Waals surface area contributed by atoms with Crippen molar-refractivity contribution in [1.29, 1.82) is 0 Å². The Hall–Kier alpha value is -2.34. The zero-order valence-electron chi connectivity index (χ0n) is 17.0. The van der Waals surface area contributed by atoms with Gasteiger partial charge in [0.15, 0.2) is 11.7 Å². The second-order valence-electron chi connectivity index (χ2n) is 6.81. The predicted octanol–water partition coefficient (Wildman–Crippen LogP) is 3.38. The largest absolute Gasteiger partial charge is 0.359 e. The van der Waals surface area contributed by atoms with E-state index in [4.69, 9.17) is 4.52 Å². The molecule has 0 bridgehead atoms. The summed E-state index contributed by atoms with van der Waals surface area (Å²) >= 11 is 0. The van der Waals surface area contributed by atoms with E-state index < -0.39 is 0 Å². The third kappa shape index (κ3) is 7.06. The maximum atomic E-state index is 5.45. The minimum absolute atomic E-state index is 0.472. The molecule has 0 saturated heterocycles. The topological polar surface area (TPSA) is 65.7 Å². The van der Waals surface area contributed by atoms with Crippen molar-refractivity contribution in [1.82, 2.24) is 20.7 Å². The molecule has 2 N–H and O–H groups in total. The first kappa shape index (κ1) is 21.0. The molecular formula is C21H33N5O. The quantitative estimate of drug-likeness (QED) is 0.495. The van der Waals surface area contributed by atoms with Crippen molar-refractivity contribution in [2.75, 3.05) is 27.2 Å². The number of rotatable bonds is 10. The van der Waals surface area contributed by atoms with Gasteiger partial charge in [-0.3, -0.25) is 4.99 Å². The van der Waals surface area contributed by atoms with Crippen molar-refractivity contribution in [3.63, 3.8) is 0 Å². The SMILES string of the molecule is CCC(CC)c1cc(CNC(=NC)NCCN(C)Cc2ccccc2)on1. The molecule has 148 valence electrons. The maximum absolute atomic E-state index is 5.45. The van der Waals surface area contributed by atoms with Crippen LogP contribution in [0, 0.1) is 0 Å². The molecule has 0 aliphatic carbocycles. The Morgan fingerprint density at radius 2 is 1.93 bits per heavy atom. The van der Waals surface area contributed by atoms with E-state index in [1.54, 1.807) is 7.05 Å². The highest BCUT2D eigenvalue weighted by Gasteiger charge is 2.13. The molecule has 27 heavy (non-hydrogen) atoms. The van der Waals surface area contributed by atoms with Crippen LogP contribution in [0.1, 0.15) is 49.6 Å². The summed E-state index contributed by atoms with van der Waals surface area (Å²) in [6, 6.07) is 12.5. The Kier molecular flexibility index (Phi) is 8.84. The minimum atomic E-state index is 0.472. The maximum Gasteiger partial charge on any atom is 0.191 e. The van der Waals surface area contributed by atoms with E-state index in [-0.39, 0.29) is 0 Å². The van der Waals surface area contributed by atoms with Gasteiger partial charge in [-0.1, -0.05) is 49.3 Å². The van der Waals surface area contributed by atoms with Crippen LogP contribution in [-0.4, -0.2) is 43.2 Å². The number of hydrogen-bond donors (Lipinski definition) is 2. The van der Waals surface area contributed by atoms with E-state index in [0.29, 0.717) is 12.5 Å². The highest BCUT2D eigenvalue weighted by molar-refractivity contribution is 5.79. The number of nitrogens with one attached hydrogen (secondary N) is 2. The van der Waals surface area contributed by atoms with E-state index in [9.17, 15) is 0 Å². The van der Waals surface area contributed by atoms with E-state index in [2.05, 4.69) is 70.8 Å². The molecule has 0 aliphatic heterocycles. The number of likely N-dealkylation sites (N-methyl/N-ethyl adjacent to an activating group) is 1. The molecule has 0 amide bonds. The van der Waals surface area contributed by atoms with Crippen molar-refractivity contribution in [2.24, 2.45) is 4.99 Å². The molecule has 6 nitrogen and oxygen atoms in total. The molecule has 0 unspecified atom stereocenters. The van der Waals surface area contributed by atoms with Crippen LogP contribution in [0.25, 0.3) is 0 Å². The third-order valence-corrected chi connectivity index (χ3v) is 4.72. The van der Waals surface area contributed by atoms with Gasteiger partial charge in [0.1, 0.15) is 0 Å². The van der Waals surface area contributed by atoms with Crippen LogP contribution in [0.15, 0.2) is 45.9 Å². The summed E-state index contributed by atoms with van der Waals surface area (Å²) < 4.78 is 5.45. The van der Waals surface area contributed by atoms with Crippen molar-refractivity contribution in [2.45, 2.75) is 45.7 Å². The fourth-order valence-corrected chi connectivity index (χ4v) is 3.04. The molecule has 0 spiro atoms. The van der Waals surface area contributed by atoms with Gasteiger partial charge in [-0.05, 0) is 25.5 Å². The van der Waals surface area contributed by atoms with Gasteiger partial charge in [0.25, 0.3) is 0 Å². The van der Waals surface area contributed by atoms with Crippen LogP contribution in [0.4, 0.5) is 0 Å². The van der Waals surface area contributed by atoms with Crippen LogP contribution in [0.5, 0.6) is 0 Å². The van der Waals surface area contributed by atoms with Gasteiger partial charge in [0.05, 0.1) is 12.2 Å². The lowest BCUT2D eigenvalue weighted by Crippen LogP contribution is -2.40. The van der Waals surface area contributed by atoms with E-state index in [1.165, 1.54) is 5.56 Å². The minimum Gasteiger partial charge on any atom is -0.359 e. The van der Waals surface area contributed by atoms with E-state index in [0.717, 1.165) is 49.9 Å². The lowest BCUT2D eigenvalue weighted by molar-refractivity contribution is 0.331. The summed E-state index contributed by atoms with van der Waals surface area (Å²) in [5, 5.41) is 10.8. The first-order valence-corrected chi connectivity index (χ1v) is 9.78. The average molecular weight is 372 g/mol. The Labute approximate surface area is 163 Å². The zero-order valence-corrected chi connectivity index (χ0v) is 17.0. The molecule has 0 radical (unpaired) electrons. The number of guanidine groups is 1. The first-order valence-electron chi connectivity index (χ1n) is 9.78. The number of benzene rings is 1. The monoisotopic (exact) mass is 371 g/mol. The number of aromatic nitrogens is 1. The Balaban J connectivity index is 1.71. The molecule has 6 heteroatoms. The highest BCUT2D eigenvalue weighted by Crippen LogP contribution is 2.22. The standard InChI is InChI=1S/C21H33N5O/c1-5-18(6-2)20-14-19(27-25-20)15-24-21(22-3)23-12-13-26(4)16-17-10-8-7-9-11-17/h7-11,14,18H,5-6,12-13,15-16H2,1-4H3,(H2,22,23,24). The van der Waals surface area contributed by atoms with E-state index in [1.807, 2.05) is 12.1 Å². The smallest absolute Gasteiger partial charge is 0.191 e. The Morgan fingerprint density at radius 3 is 2.59 bits per heavy atom. The number of aliphatic imine (C=N–C) groups is 1. The summed E-state index contributed by atoms with van der Waals surface area (Å²) in [7, 11) is 3.90. The molecule has 0 atom stereocenters. The fourth-order valence-electron chi connectivity index (χ4n) is 3.04. The summed E-state index contributed by atoms with van der Waals surface area (Å²) in [5.74, 6) is 2.07. The zero-order chi connectivity index (χ0) is 19.5. The number of nitrogens with zero attached hydrogens (tertiary/aromatic N) is 3. The van der Waals surface area contributed by atoms with Gasteiger partial charge in [0.2, 0.25) is 0 Å². The van der Waals surface area contributed by atoms with Crippen molar-refractivity contribution in [3.8, 4) is 0 Å². The summed E-state index contributed by atoms with van der Waals surface area (Å²) in [5.41, 5.74) is 2.36. The molecule has 1 heterocycles. The molecule has 1 aromatic carbocycles. The van der Waals surface area contributed by atoms with Crippen LogP contribution < -0.4 is 10.6 Å². The highest BCUT2D eigenvalue weighted by atomic mass is 16.5. The second kappa shape index (κ2) is 11.4. The molecule has 1 aromatic heterocycles. The van der Waals surface area contributed by atoms with Gasteiger partial charge >= 0.3 is 0 Å².